The van der Waals surface area contributed by atoms with Crippen LogP contribution in [0.25, 0.3) is 21.8 Å². The first-order valence-corrected chi connectivity index (χ1v) is 6.40. The van der Waals surface area contributed by atoms with Gasteiger partial charge in [0.2, 0.25) is 6.29 Å². The largest absolute Gasteiger partial charge is 0.432 e. The first-order valence-electron chi connectivity index (χ1n) is 6.40. The number of anilines is 1. The molecule has 21 heavy (non-hydrogen) atoms. The molecule has 0 amide bonds. The van der Waals surface area contributed by atoms with Crippen molar-refractivity contribution in [2.24, 2.45) is 0 Å². The minimum atomic E-state index is -1.30. The summed E-state index contributed by atoms with van der Waals surface area (Å²) in [5, 5.41) is 20.7. The predicted molar refractivity (Wildman–Crippen MR) is 77.9 cm³/mol. The summed E-state index contributed by atoms with van der Waals surface area (Å²) in [6.07, 6.45) is -1.30. The van der Waals surface area contributed by atoms with Crippen molar-refractivity contribution in [3.63, 3.8) is 0 Å². The summed E-state index contributed by atoms with van der Waals surface area (Å²) in [4.78, 5) is 14.1. The maximum Gasteiger partial charge on any atom is 0.305 e. The summed E-state index contributed by atoms with van der Waals surface area (Å²) in [7, 11) is 0. The molecule has 3 rings (SSSR count). The van der Waals surface area contributed by atoms with Crippen LogP contribution in [0.4, 0.5) is 5.69 Å². The van der Waals surface area contributed by atoms with E-state index in [1.54, 1.807) is 24.3 Å². The number of aromatic nitrogens is 1. The van der Waals surface area contributed by atoms with Crippen LogP contribution in [0.3, 0.4) is 0 Å². The molecule has 0 bridgehead atoms. The molecule has 1 aromatic heterocycles. The first kappa shape index (κ1) is 13.4. The van der Waals surface area contributed by atoms with Gasteiger partial charge < -0.3 is 14.8 Å². The molecule has 6 nitrogen and oxygen atoms in total. The van der Waals surface area contributed by atoms with E-state index < -0.39 is 12.3 Å². The number of esters is 1. The summed E-state index contributed by atoms with van der Waals surface area (Å²) in [6, 6.07) is 10.7. The van der Waals surface area contributed by atoms with E-state index in [1.807, 2.05) is 12.1 Å². The summed E-state index contributed by atoms with van der Waals surface area (Å²) in [5.74, 6) is -0.548. The number of hydrogen-bond donors (Lipinski definition) is 4. The van der Waals surface area contributed by atoms with Crippen LogP contribution in [-0.4, -0.2) is 21.3 Å². The Morgan fingerprint density at radius 3 is 2.81 bits per heavy atom. The second-order valence-electron chi connectivity index (χ2n) is 4.73. The molecule has 2 aromatic carbocycles. The van der Waals surface area contributed by atoms with E-state index in [0.29, 0.717) is 11.3 Å². The lowest BCUT2D eigenvalue weighted by atomic mass is 10.1. The standard InChI is InChI=1S/C15H14N2O4/c1-8(18)21-15(19)9-5-6-12-11(7-9)10-3-2-4-13(17-20)14(10)16-12/h2-7,15-17,19-20H,1H3/t15-/m0/s1. The molecular formula is C15H14N2O4. The van der Waals surface area contributed by atoms with E-state index in [1.165, 1.54) is 6.92 Å². The van der Waals surface area contributed by atoms with Gasteiger partial charge >= 0.3 is 5.97 Å². The van der Waals surface area contributed by atoms with Crippen molar-refractivity contribution in [2.75, 3.05) is 5.48 Å². The second kappa shape index (κ2) is 5.08. The molecule has 0 aliphatic rings. The molecule has 4 N–H and O–H groups in total. The minimum Gasteiger partial charge on any atom is -0.432 e. The monoisotopic (exact) mass is 286 g/mol. The Labute approximate surface area is 119 Å². The van der Waals surface area contributed by atoms with Gasteiger partial charge in [-0.15, -0.1) is 0 Å². The number of hydrogen-bond acceptors (Lipinski definition) is 5. The number of nitrogens with one attached hydrogen (secondary N) is 2. The molecule has 0 saturated carbocycles. The van der Waals surface area contributed by atoms with Crippen LogP contribution in [-0.2, 0) is 9.53 Å². The molecule has 6 heteroatoms. The Balaban J connectivity index is 2.16. The Morgan fingerprint density at radius 2 is 2.10 bits per heavy atom. The number of carbonyl (C=O) groups is 1. The van der Waals surface area contributed by atoms with Gasteiger partial charge in [0.1, 0.15) is 0 Å². The lowest BCUT2D eigenvalue weighted by molar-refractivity contribution is -0.166. The molecule has 0 saturated heterocycles. The minimum absolute atomic E-state index is 0.487. The zero-order valence-electron chi connectivity index (χ0n) is 11.3. The molecule has 0 spiro atoms. The van der Waals surface area contributed by atoms with Crippen molar-refractivity contribution in [1.82, 2.24) is 4.98 Å². The number of aromatic amines is 1. The average molecular weight is 286 g/mol. The number of carbonyl (C=O) groups excluding carboxylic acids is 1. The van der Waals surface area contributed by atoms with Crippen LogP contribution in [0.5, 0.6) is 0 Å². The number of fused-ring (bicyclic) bond motifs is 3. The zero-order chi connectivity index (χ0) is 15.0. The normalized spacial score (nSPS) is 12.5. The number of para-hydroxylation sites is 1. The SMILES string of the molecule is CC(=O)O[C@H](O)c1ccc2[nH]c3c(NO)cccc3c2c1. The van der Waals surface area contributed by atoms with Gasteiger partial charge in [-0.2, -0.15) is 0 Å². The van der Waals surface area contributed by atoms with E-state index in [9.17, 15) is 9.90 Å². The zero-order valence-corrected chi connectivity index (χ0v) is 11.3. The van der Waals surface area contributed by atoms with Crippen molar-refractivity contribution >= 4 is 33.5 Å². The molecule has 0 radical (unpaired) electrons. The Bertz CT molecular complexity index is 825. The number of aliphatic hydroxyl groups is 1. The third kappa shape index (κ3) is 2.31. The van der Waals surface area contributed by atoms with Crippen molar-refractivity contribution in [3.8, 4) is 0 Å². The van der Waals surface area contributed by atoms with Gasteiger partial charge in [0.25, 0.3) is 0 Å². The predicted octanol–water partition coefficient (Wildman–Crippen LogP) is 2.68. The molecular weight excluding hydrogens is 272 g/mol. The van der Waals surface area contributed by atoms with Crippen molar-refractivity contribution in [3.05, 3.63) is 42.0 Å². The van der Waals surface area contributed by atoms with Crippen LogP contribution in [0, 0.1) is 0 Å². The fraction of sp³-hybridized carbons (Fsp3) is 0.133. The number of rotatable bonds is 3. The highest BCUT2D eigenvalue weighted by Crippen LogP contribution is 2.31. The number of benzene rings is 2. The molecule has 0 fully saturated rings. The smallest absolute Gasteiger partial charge is 0.305 e. The van der Waals surface area contributed by atoms with Gasteiger partial charge in [0.15, 0.2) is 0 Å². The average Bonchev–Trinajstić information content (AvgIpc) is 2.84. The quantitative estimate of drug-likeness (QED) is 0.337. The van der Waals surface area contributed by atoms with Gasteiger partial charge in [-0.3, -0.25) is 15.5 Å². The van der Waals surface area contributed by atoms with E-state index in [2.05, 4.69) is 10.5 Å². The van der Waals surface area contributed by atoms with Gasteiger partial charge in [-0.25, -0.2) is 0 Å². The summed E-state index contributed by atoms with van der Waals surface area (Å²) < 4.78 is 4.77. The van der Waals surface area contributed by atoms with Crippen LogP contribution in [0.15, 0.2) is 36.4 Å². The maximum atomic E-state index is 10.9. The van der Waals surface area contributed by atoms with Crippen molar-refractivity contribution in [2.45, 2.75) is 13.2 Å². The molecule has 108 valence electrons. The van der Waals surface area contributed by atoms with Crippen LogP contribution in [0.2, 0.25) is 0 Å². The Hall–Kier alpha value is -2.57. The van der Waals surface area contributed by atoms with E-state index in [0.717, 1.165) is 21.8 Å². The van der Waals surface area contributed by atoms with Gasteiger partial charge in [0, 0.05) is 28.8 Å². The second-order valence-corrected chi connectivity index (χ2v) is 4.73. The molecule has 1 heterocycles. The van der Waals surface area contributed by atoms with E-state index in [-0.39, 0.29) is 0 Å². The van der Waals surface area contributed by atoms with Crippen LogP contribution >= 0.6 is 0 Å². The third-order valence-electron chi connectivity index (χ3n) is 3.34. The first-order chi connectivity index (χ1) is 10.1. The third-order valence-corrected chi connectivity index (χ3v) is 3.34. The van der Waals surface area contributed by atoms with Crippen molar-refractivity contribution < 1.29 is 19.8 Å². The van der Waals surface area contributed by atoms with Gasteiger partial charge in [0.05, 0.1) is 11.2 Å². The number of H-pyrrole nitrogens is 1. The Kier molecular flexibility index (Phi) is 3.25. The van der Waals surface area contributed by atoms with E-state index >= 15 is 0 Å². The van der Waals surface area contributed by atoms with E-state index in [4.69, 9.17) is 9.94 Å². The lowest BCUT2D eigenvalue weighted by Crippen LogP contribution is -2.07. The summed E-state index contributed by atoms with van der Waals surface area (Å²) in [6.45, 7) is 1.24. The van der Waals surface area contributed by atoms with Gasteiger partial charge in [-0.05, 0) is 18.2 Å². The highest BCUT2D eigenvalue weighted by Gasteiger charge is 2.14. The number of aliphatic hydroxyl groups excluding tert-OH is 1. The fourth-order valence-corrected chi connectivity index (χ4v) is 2.41. The summed E-state index contributed by atoms with van der Waals surface area (Å²) >= 11 is 0. The Morgan fingerprint density at radius 1 is 1.29 bits per heavy atom. The highest BCUT2D eigenvalue weighted by atomic mass is 16.6. The maximum absolute atomic E-state index is 10.9. The fourth-order valence-electron chi connectivity index (χ4n) is 2.41. The molecule has 3 aromatic rings. The molecule has 0 aliphatic heterocycles. The molecule has 0 unspecified atom stereocenters. The van der Waals surface area contributed by atoms with Crippen LogP contribution in [0.1, 0.15) is 18.8 Å². The summed E-state index contributed by atoms with van der Waals surface area (Å²) in [5.41, 5.74) is 4.80. The highest BCUT2D eigenvalue weighted by molar-refractivity contribution is 6.11. The topological polar surface area (TPSA) is 94.6 Å². The van der Waals surface area contributed by atoms with Gasteiger partial charge in [-0.1, -0.05) is 18.2 Å². The van der Waals surface area contributed by atoms with Crippen LogP contribution < -0.4 is 5.48 Å². The van der Waals surface area contributed by atoms with Crippen molar-refractivity contribution in [1.29, 1.82) is 0 Å². The lowest BCUT2D eigenvalue weighted by Gasteiger charge is -2.10. The molecule has 0 aliphatic carbocycles. The molecule has 1 atom stereocenters. The number of ether oxygens (including phenoxy) is 1.